The van der Waals surface area contributed by atoms with Gasteiger partial charge in [0.2, 0.25) is 5.91 Å². The second kappa shape index (κ2) is 5.17. The standard InChI is InChI=1S/C13H24N2O/c1-2-3-4-11(14)13(16)15-12-8-9-5-6-10(12)7-9/h9-12H,2-8,14H2,1H3,(H,15,16)/t9?,10?,11-,12?/m0/s1. The van der Waals surface area contributed by atoms with E-state index in [-0.39, 0.29) is 11.9 Å². The van der Waals surface area contributed by atoms with Gasteiger partial charge in [0.1, 0.15) is 0 Å². The molecule has 2 rings (SSSR count). The number of amides is 1. The minimum atomic E-state index is -0.293. The summed E-state index contributed by atoms with van der Waals surface area (Å²) in [5.41, 5.74) is 5.87. The monoisotopic (exact) mass is 224 g/mol. The van der Waals surface area contributed by atoms with E-state index < -0.39 is 0 Å². The Kier molecular flexibility index (Phi) is 3.85. The molecule has 2 fully saturated rings. The zero-order chi connectivity index (χ0) is 11.5. The number of carbonyl (C=O) groups excluding carboxylic acids is 1. The number of hydrogen-bond acceptors (Lipinski definition) is 2. The summed E-state index contributed by atoms with van der Waals surface area (Å²) in [4.78, 5) is 11.8. The highest BCUT2D eigenvalue weighted by atomic mass is 16.2. The lowest BCUT2D eigenvalue weighted by Gasteiger charge is -2.24. The lowest BCUT2D eigenvalue weighted by Crippen LogP contribution is -2.47. The topological polar surface area (TPSA) is 55.1 Å². The largest absolute Gasteiger partial charge is 0.352 e. The van der Waals surface area contributed by atoms with Crippen LogP contribution in [-0.4, -0.2) is 18.0 Å². The van der Waals surface area contributed by atoms with Crippen molar-refractivity contribution < 1.29 is 4.79 Å². The van der Waals surface area contributed by atoms with Crippen molar-refractivity contribution in [2.75, 3.05) is 0 Å². The average Bonchev–Trinajstić information content (AvgIpc) is 2.87. The SMILES string of the molecule is CCCC[C@H](N)C(=O)NC1CC2CCC1C2. The number of fused-ring (bicyclic) bond motifs is 2. The molecule has 92 valence electrons. The van der Waals surface area contributed by atoms with Gasteiger partial charge in [-0.3, -0.25) is 4.79 Å². The summed E-state index contributed by atoms with van der Waals surface area (Å²) >= 11 is 0. The van der Waals surface area contributed by atoms with Gasteiger partial charge in [-0.25, -0.2) is 0 Å². The van der Waals surface area contributed by atoms with Crippen LogP contribution in [0.25, 0.3) is 0 Å². The van der Waals surface area contributed by atoms with E-state index in [0.717, 1.165) is 31.1 Å². The molecule has 0 aromatic heterocycles. The van der Waals surface area contributed by atoms with Crippen LogP contribution in [0.5, 0.6) is 0 Å². The summed E-state index contributed by atoms with van der Waals surface area (Å²) in [7, 11) is 0. The fourth-order valence-electron chi connectivity index (χ4n) is 3.27. The zero-order valence-electron chi connectivity index (χ0n) is 10.2. The van der Waals surface area contributed by atoms with Gasteiger partial charge in [0.15, 0.2) is 0 Å². The van der Waals surface area contributed by atoms with E-state index in [1.807, 2.05) is 0 Å². The molecule has 0 heterocycles. The van der Waals surface area contributed by atoms with E-state index >= 15 is 0 Å². The number of nitrogens with one attached hydrogen (secondary N) is 1. The van der Waals surface area contributed by atoms with Crippen LogP contribution in [0, 0.1) is 11.8 Å². The third kappa shape index (κ3) is 2.57. The first kappa shape index (κ1) is 11.9. The third-order valence-corrected chi connectivity index (χ3v) is 4.27. The smallest absolute Gasteiger partial charge is 0.237 e. The van der Waals surface area contributed by atoms with Gasteiger partial charge >= 0.3 is 0 Å². The molecule has 4 atom stereocenters. The molecule has 2 aliphatic carbocycles. The van der Waals surface area contributed by atoms with Gasteiger partial charge in [0.05, 0.1) is 6.04 Å². The predicted octanol–water partition coefficient (Wildman–Crippen LogP) is 1.81. The Morgan fingerprint density at radius 1 is 1.44 bits per heavy atom. The molecule has 0 aromatic carbocycles. The Hall–Kier alpha value is -0.570. The summed E-state index contributed by atoms with van der Waals surface area (Å²) in [5, 5.41) is 3.16. The number of carbonyl (C=O) groups is 1. The van der Waals surface area contributed by atoms with Crippen molar-refractivity contribution in [1.82, 2.24) is 5.32 Å². The van der Waals surface area contributed by atoms with Gasteiger partial charge in [-0.2, -0.15) is 0 Å². The van der Waals surface area contributed by atoms with Gasteiger partial charge < -0.3 is 11.1 Å². The lowest BCUT2D eigenvalue weighted by atomic mass is 9.95. The minimum absolute atomic E-state index is 0.0750. The Bertz CT molecular complexity index is 254. The van der Waals surface area contributed by atoms with Crippen molar-refractivity contribution in [2.45, 2.75) is 64.0 Å². The normalized spacial score (nSPS) is 34.0. The van der Waals surface area contributed by atoms with Crippen LogP contribution >= 0.6 is 0 Å². The molecule has 2 saturated carbocycles. The summed E-state index contributed by atoms with van der Waals surface area (Å²) in [6.45, 7) is 2.13. The van der Waals surface area contributed by atoms with Crippen LogP contribution in [0.3, 0.4) is 0 Å². The number of nitrogens with two attached hydrogens (primary N) is 1. The number of hydrogen-bond donors (Lipinski definition) is 2. The maximum absolute atomic E-state index is 11.8. The van der Waals surface area contributed by atoms with E-state index in [1.165, 1.54) is 25.7 Å². The fraction of sp³-hybridized carbons (Fsp3) is 0.923. The predicted molar refractivity (Wildman–Crippen MR) is 64.9 cm³/mol. The Morgan fingerprint density at radius 2 is 2.25 bits per heavy atom. The van der Waals surface area contributed by atoms with Crippen molar-refractivity contribution in [2.24, 2.45) is 17.6 Å². The van der Waals surface area contributed by atoms with Gasteiger partial charge in [0, 0.05) is 6.04 Å². The molecular weight excluding hydrogens is 200 g/mol. The molecule has 0 aromatic rings. The third-order valence-electron chi connectivity index (χ3n) is 4.27. The molecule has 0 aliphatic heterocycles. The summed E-state index contributed by atoms with van der Waals surface area (Å²) in [5.74, 6) is 1.69. The van der Waals surface area contributed by atoms with Gasteiger partial charge in [-0.05, 0) is 37.5 Å². The van der Waals surface area contributed by atoms with Crippen LogP contribution in [0.4, 0.5) is 0 Å². The molecule has 0 saturated heterocycles. The first-order valence-corrected chi connectivity index (χ1v) is 6.76. The zero-order valence-corrected chi connectivity index (χ0v) is 10.2. The second-order valence-corrected chi connectivity index (χ2v) is 5.54. The Balaban J connectivity index is 1.74. The molecule has 3 N–H and O–H groups in total. The van der Waals surface area contributed by atoms with E-state index in [0.29, 0.717) is 6.04 Å². The van der Waals surface area contributed by atoms with Crippen LogP contribution in [-0.2, 0) is 4.79 Å². The average molecular weight is 224 g/mol. The lowest BCUT2D eigenvalue weighted by molar-refractivity contribution is -0.123. The molecule has 0 spiro atoms. The van der Waals surface area contributed by atoms with Crippen LogP contribution in [0.2, 0.25) is 0 Å². The van der Waals surface area contributed by atoms with Crippen LogP contribution in [0.15, 0.2) is 0 Å². The summed E-state index contributed by atoms with van der Waals surface area (Å²) in [6, 6.07) is 0.137. The van der Waals surface area contributed by atoms with Crippen molar-refractivity contribution >= 4 is 5.91 Å². The van der Waals surface area contributed by atoms with Gasteiger partial charge in [-0.1, -0.05) is 26.2 Å². The fourth-order valence-corrected chi connectivity index (χ4v) is 3.27. The highest BCUT2D eigenvalue weighted by Gasteiger charge is 2.40. The summed E-state index contributed by atoms with van der Waals surface area (Å²) < 4.78 is 0. The van der Waals surface area contributed by atoms with Gasteiger partial charge in [-0.15, -0.1) is 0 Å². The maximum atomic E-state index is 11.8. The number of rotatable bonds is 5. The summed E-state index contributed by atoms with van der Waals surface area (Å²) in [6.07, 6.45) is 8.17. The highest BCUT2D eigenvalue weighted by Crippen LogP contribution is 2.44. The molecule has 3 heteroatoms. The number of unbranched alkanes of at least 4 members (excludes halogenated alkanes) is 1. The maximum Gasteiger partial charge on any atom is 0.237 e. The van der Waals surface area contributed by atoms with Crippen LogP contribution < -0.4 is 11.1 Å². The van der Waals surface area contributed by atoms with Crippen molar-refractivity contribution in [1.29, 1.82) is 0 Å². The molecular formula is C13H24N2O. The Labute approximate surface area is 98.2 Å². The molecule has 2 bridgehead atoms. The van der Waals surface area contributed by atoms with E-state index in [2.05, 4.69) is 12.2 Å². The minimum Gasteiger partial charge on any atom is -0.352 e. The molecule has 16 heavy (non-hydrogen) atoms. The quantitative estimate of drug-likeness (QED) is 0.748. The Morgan fingerprint density at radius 3 is 2.81 bits per heavy atom. The first-order valence-electron chi connectivity index (χ1n) is 6.76. The highest BCUT2D eigenvalue weighted by molar-refractivity contribution is 5.81. The van der Waals surface area contributed by atoms with Crippen LogP contribution in [0.1, 0.15) is 51.9 Å². The molecule has 2 aliphatic rings. The van der Waals surface area contributed by atoms with E-state index in [9.17, 15) is 4.79 Å². The van der Waals surface area contributed by atoms with Crippen molar-refractivity contribution in [3.63, 3.8) is 0 Å². The first-order chi connectivity index (χ1) is 7.70. The molecule has 3 unspecified atom stereocenters. The molecule has 1 amide bonds. The van der Waals surface area contributed by atoms with Crippen molar-refractivity contribution in [3.05, 3.63) is 0 Å². The van der Waals surface area contributed by atoms with E-state index in [1.54, 1.807) is 0 Å². The van der Waals surface area contributed by atoms with Gasteiger partial charge in [0.25, 0.3) is 0 Å². The second-order valence-electron chi connectivity index (χ2n) is 5.54. The molecule has 3 nitrogen and oxygen atoms in total. The molecule has 0 radical (unpaired) electrons. The van der Waals surface area contributed by atoms with E-state index in [4.69, 9.17) is 5.73 Å². The van der Waals surface area contributed by atoms with Crippen molar-refractivity contribution in [3.8, 4) is 0 Å².